The maximum absolute atomic E-state index is 6.87. The lowest BCUT2D eigenvalue weighted by Crippen LogP contribution is -2.42. The van der Waals surface area contributed by atoms with E-state index in [-0.39, 0.29) is 6.10 Å². The molecule has 0 aromatic heterocycles. The van der Waals surface area contributed by atoms with Gasteiger partial charge in [-0.2, -0.15) is 0 Å². The number of nitrogens with one attached hydrogen (secondary N) is 1. The summed E-state index contributed by atoms with van der Waals surface area (Å²) in [5.74, 6) is 0.834. The molecular weight excluding hydrogens is 390 g/mol. The summed E-state index contributed by atoms with van der Waals surface area (Å²) in [4.78, 5) is 0. The topological polar surface area (TPSA) is 21.3 Å². The van der Waals surface area contributed by atoms with Crippen LogP contribution in [-0.2, 0) is 4.43 Å². The summed E-state index contributed by atoms with van der Waals surface area (Å²) in [5.41, 5.74) is 1.84. The molecule has 2 rings (SSSR count). The van der Waals surface area contributed by atoms with Crippen LogP contribution in [-0.4, -0.2) is 21.4 Å². The fourth-order valence-corrected chi connectivity index (χ4v) is 7.67. The van der Waals surface area contributed by atoms with Gasteiger partial charge in [-0.05, 0) is 60.5 Å². The minimum atomic E-state index is -1.64. The third kappa shape index (κ3) is 5.65. The molecule has 1 unspecified atom stereocenters. The van der Waals surface area contributed by atoms with E-state index in [0.29, 0.717) is 5.41 Å². The minimum absolute atomic E-state index is 0.148. The van der Waals surface area contributed by atoms with Gasteiger partial charge < -0.3 is 9.74 Å². The van der Waals surface area contributed by atoms with Crippen molar-refractivity contribution in [3.63, 3.8) is 0 Å². The molecule has 2 nitrogen and oxygen atoms in total. The largest absolute Gasteiger partial charge is 0.409 e. The molecule has 0 aliphatic heterocycles. The highest BCUT2D eigenvalue weighted by Gasteiger charge is 2.36. The van der Waals surface area contributed by atoms with Crippen molar-refractivity contribution in [3.05, 3.63) is 34.3 Å². The van der Waals surface area contributed by atoms with Crippen LogP contribution in [0, 0.1) is 11.3 Å². The van der Waals surface area contributed by atoms with Crippen molar-refractivity contribution in [2.24, 2.45) is 11.3 Å². The molecule has 1 atom stereocenters. The standard InChI is InChI=1S/C21H36BrNOSi/c1-6-25(7-2,8-3)24-20(18-11-9-10-12-19(18)22)16-23-15-17-13-21(4,5)14-17/h9-12,17,20,23H,6-8,13-16H2,1-5H3. The lowest BCUT2D eigenvalue weighted by Gasteiger charge is -2.43. The molecule has 1 aromatic rings. The predicted molar refractivity (Wildman–Crippen MR) is 115 cm³/mol. The van der Waals surface area contributed by atoms with Crippen molar-refractivity contribution in [3.8, 4) is 0 Å². The highest BCUT2D eigenvalue weighted by molar-refractivity contribution is 9.10. The molecule has 25 heavy (non-hydrogen) atoms. The maximum atomic E-state index is 6.87. The second-order valence-electron chi connectivity index (χ2n) is 8.47. The van der Waals surface area contributed by atoms with E-state index in [1.54, 1.807) is 0 Å². The average molecular weight is 427 g/mol. The van der Waals surface area contributed by atoms with Crippen LogP contribution in [0.2, 0.25) is 18.1 Å². The predicted octanol–water partition coefficient (Wildman–Crippen LogP) is 6.54. The van der Waals surface area contributed by atoms with E-state index in [9.17, 15) is 0 Å². The minimum Gasteiger partial charge on any atom is -0.409 e. The number of hydrogen-bond donors (Lipinski definition) is 1. The molecule has 1 saturated carbocycles. The highest BCUT2D eigenvalue weighted by Crippen LogP contribution is 2.44. The molecule has 1 aliphatic carbocycles. The van der Waals surface area contributed by atoms with Gasteiger partial charge in [-0.25, -0.2) is 0 Å². The van der Waals surface area contributed by atoms with E-state index in [2.05, 4.69) is 80.1 Å². The molecule has 0 bridgehead atoms. The smallest absolute Gasteiger partial charge is 0.192 e. The summed E-state index contributed by atoms with van der Waals surface area (Å²) in [6, 6.07) is 12.1. The van der Waals surface area contributed by atoms with Gasteiger partial charge in [-0.3, -0.25) is 0 Å². The molecule has 0 amide bonds. The van der Waals surface area contributed by atoms with Crippen LogP contribution in [0.3, 0.4) is 0 Å². The maximum Gasteiger partial charge on any atom is 0.192 e. The average Bonchev–Trinajstić information content (AvgIpc) is 2.57. The second-order valence-corrected chi connectivity index (χ2v) is 14.0. The molecule has 0 spiro atoms. The fourth-order valence-electron chi connectivity index (χ4n) is 4.32. The zero-order valence-electron chi connectivity index (χ0n) is 16.7. The van der Waals surface area contributed by atoms with Crippen molar-refractivity contribution < 1.29 is 4.43 Å². The molecule has 4 heteroatoms. The zero-order chi connectivity index (χ0) is 18.5. The Morgan fingerprint density at radius 2 is 1.76 bits per heavy atom. The number of hydrogen-bond acceptors (Lipinski definition) is 2. The number of rotatable bonds is 10. The van der Waals surface area contributed by atoms with Gasteiger partial charge in [0.05, 0.1) is 6.10 Å². The first-order valence-corrected chi connectivity index (χ1v) is 13.3. The third-order valence-electron chi connectivity index (χ3n) is 6.02. The molecular formula is C21H36BrNOSi. The molecule has 1 aliphatic rings. The Kier molecular flexibility index (Phi) is 7.75. The van der Waals surface area contributed by atoms with E-state index in [0.717, 1.165) is 23.5 Å². The van der Waals surface area contributed by atoms with Crippen LogP contribution in [0.4, 0.5) is 0 Å². The van der Waals surface area contributed by atoms with Gasteiger partial charge in [0.25, 0.3) is 0 Å². The SMILES string of the molecule is CC[Si](CC)(CC)OC(CNCC1CC(C)(C)C1)c1ccccc1Br. The summed E-state index contributed by atoms with van der Waals surface area (Å²) in [6.07, 6.45) is 2.84. The van der Waals surface area contributed by atoms with E-state index in [1.807, 2.05) is 0 Å². The quantitative estimate of drug-likeness (QED) is 0.429. The Labute approximate surface area is 164 Å². The fraction of sp³-hybridized carbons (Fsp3) is 0.714. The van der Waals surface area contributed by atoms with Crippen LogP contribution in [0.5, 0.6) is 0 Å². The van der Waals surface area contributed by atoms with Crippen molar-refractivity contribution in [2.75, 3.05) is 13.1 Å². The van der Waals surface area contributed by atoms with Crippen molar-refractivity contribution in [1.82, 2.24) is 5.32 Å². The monoisotopic (exact) mass is 425 g/mol. The Balaban J connectivity index is 2.03. The zero-order valence-corrected chi connectivity index (χ0v) is 19.3. The van der Waals surface area contributed by atoms with Gasteiger partial charge in [0.2, 0.25) is 0 Å². The van der Waals surface area contributed by atoms with Crippen LogP contribution in [0.15, 0.2) is 28.7 Å². The summed E-state index contributed by atoms with van der Waals surface area (Å²) in [7, 11) is -1.64. The first-order valence-electron chi connectivity index (χ1n) is 9.97. The van der Waals surface area contributed by atoms with E-state index < -0.39 is 8.32 Å². The van der Waals surface area contributed by atoms with Crippen LogP contribution < -0.4 is 5.32 Å². The first-order chi connectivity index (χ1) is 11.8. The highest BCUT2D eigenvalue weighted by atomic mass is 79.9. The Morgan fingerprint density at radius 3 is 2.28 bits per heavy atom. The molecule has 0 radical (unpaired) electrons. The molecule has 1 aromatic carbocycles. The molecule has 0 heterocycles. The Hall–Kier alpha value is -0.163. The second kappa shape index (κ2) is 9.16. The van der Waals surface area contributed by atoms with Crippen LogP contribution in [0.25, 0.3) is 0 Å². The van der Waals surface area contributed by atoms with E-state index >= 15 is 0 Å². The summed E-state index contributed by atoms with van der Waals surface area (Å²) in [6.45, 7) is 13.7. The first kappa shape index (κ1) is 21.1. The molecule has 0 saturated heterocycles. The number of halogens is 1. The molecule has 1 N–H and O–H groups in total. The summed E-state index contributed by atoms with van der Waals surface area (Å²) in [5, 5.41) is 3.72. The van der Waals surface area contributed by atoms with Gasteiger partial charge in [0, 0.05) is 11.0 Å². The van der Waals surface area contributed by atoms with Crippen LogP contribution >= 0.6 is 15.9 Å². The summed E-state index contributed by atoms with van der Waals surface area (Å²) >= 11 is 3.74. The van der Waals surface area contributed by atoms with Gasteiger partial charge in [-0.15, -0.1) is 0 Å². The molecule has 1 fully saturated rings. The Morgan fingerprint density at radius 1 is 1.16 bits per heavy atom. The third-order valence-corrected chi connectivity index (χ3v) is 11.4. The van der Waals surface area contributed by atoms with E-state index in [1.165, 1.54) is 36.5 Å². The van der Waals surface area contributed by atoms with Gasteiger partial charge in [0.1, 0.15) is 0 Å². The number of benzene rings is 1. The lowest BCUT2D eigenvalue weighted by atomic mass is 9.64. The normalized spacial score (nSPS) is 18.8. The molecule has 142 valence electrons. The Bertz CT molecular complexity index is 528. The van der Waals surface area contributed by atoms with Crippen molar-refractivity contribution >= 4 is 24.2 Å². The van der Waals surface area contributed by atoms with Crippen molar-refractivity contribution in [2.45, 2.75) is 71.7 Å². The van der Waals surface area contributed by atoms with E-state index in [4.69, 9.17) is 4.43 Å². The summed E-state index contributed by atoms with van der Waals surface area (Å²) < 4.78 is 8.04. The van der Waals surface area contributed by atoms with Gasteiger partial charge >= 0.3 is 0 Å². The lowest BCUT2D eigenvalue weighted by molar-refractivity contribution is 0.0915. The van der Waals surface area contributed by atoms with Gasteiger partial charge in [-0.1, -0.05) is 68.7 Å². The van der Waals surface area contributed by atoms with Crippen LogP contribution in [0.1, 0.15) is 59.1 Å². The van der Waals surface area contributed by atoms with Crippen molar-refractivity contribution in [1.29, 1.82) is 0 Å². The van der Waals surface area contributed by atoms with Gasteiger partial charge in [0.15, 0.2) is 8.32 Å².